The number of hydrogen-bond acceptors (Lipinski definition) is 1. The molecule has 1 nitrogen and oxygen atoms in total. The van der Waals surface area contributed by atoms with E-state index in [9.17, 15) is 0 Å². The van der Waals surface area contributed by atoms with Crippen molar-refractivity contribution < 1.29 is 0 Å². The molecule has 1 aliphatic rings. The van der Waals surface area contributed by atoms with E-state index < -0.39 is 0 Å². The van der Waals surface area contributed by atoms with Gasteiger partial charge in [0.2, 0.25) is 0 Å². The monoisotopic (exact) mass is 259 g/mol. The third kappa shape index (κ3) is 4.07. The van der Waals surface area contributed by atoms with Gasteiger partial charge in [0.25, 0.3) is 0 Å². The average Bonchev–Trinajstić information content (AvgIpc) is 2.68. The van der Waals surface area contributed by atoms with Gasteiger partial charge < -0.3 is 5.32 Å². The van der Waals surface area contributed by atoms with E-state index in [2.05, 4.69) is 50.4 Å². The van der Waals surface area contributed by atoms with E-state index in [1.165, 1.54) is 49.7 Å². The Morgan fingerprint density at radius 2 is 1.63 bits per heavy atom. The van der Waals surface area contributed by atoms with Crippen molar-refractivity contribution in [2.45, 2.75) is 71.4 Å². The van der Waals surface area contributed by atoms with Gasteiger partial charge in [-0.05, 0) is 50.7 Å². The number of benzene rings is 1. The first-order valence-electron chi connectivity index (χ1n) is 8.00. The molecular formula is C18H29N. The Bertz CT molecular complexity index is 377. The van der Waals surface area contributed by atoms with E-state index in [-0.39, 0.29) is 0 Å². The second-order valence-corrected chi connectivity index (χ2v) is 6.29. The molecule has 1 aromatic rings. The van der Waals surface area contributed by atoms with Gasteiger partial charge in [0.1, 0.15) is 0 Å². The quantitative estimate of drug-likeness (QED) is 0.750. The molecule has 1 N–H and O–H groups in total. The predicted octanol–water partition coefficient (Wildman–Crippen LogP) is 5.00. The van der Waals surface area contributed by atoms with E-state index >= 15 is 0 Å². The molecule has 1 saturated carbocycles. The highest BCUT2D eigenvalue weighted by Gasteiger charge is 2.21. The van der Waals surface area contributed by atoms with Gasteiger partial charge >= 0.3 is 0 Å². The van der Waals surface area contributed by atoms with E-state index in [1.807, 2.05) is 0 Å². The Hall–Kier alpha value is -0.820. The normalized spacial score (nSPS) is 20.8. The zero-order valence-electron chi connectivity index (χ0n) is 12.8. The molecule has 1 heteroatoms. The predicted molar refractivity (Wildman–Crippen MR) is 83.4 cm³/mol. The molecule has 2 atom stereocenters. The van der Waals surface area contributed by atoms with Gasteiger partial charge in [0.15, 0.2) is 0 Å². The minimum absolute atomic E-state index is 0.458. The molecule has 0 amide bonds. The maximum atomic E-state index is 3.83. The summed E-state index contributed by atoms with van der Waals surface area (Å²) >= 11 is 0. The summed E-state index contributed by atoms with van der Waals surface area (Å²) in [5.41, 5.74) is 2.85. The van der Waals surface area contributed by atoms with Crippen LogP contribution in [0.4, 0.5) is 0 Å². The number of nitrogens with one attached hydrogen (secondary N) is 1. The van der Waals surface area contributed by atoms with Crippen molar-refractivity contribution in [2.75, 3.05) is 0 Å². The summed E-state index contributed by atoms with van der Waals surface area (Å²) in [5, 5.41) is 3.83. The average molecular weight is 259 g/mol. The van der Waals surface area contributed by atoms with Gasteiger partial charge in [-0.2, -0.15) is 0 Å². The summed E-state index contributed by atoms with van der Waals surface area (Å²) in [6.07, 6.45) is 8.56. The van der Waals surface area contributed by atoms with E-state index in [0.717, 1.165) is 5.92 Å². The van der Waals surface area contributed by atoms with Gasteiger partial charge in [-0.25, -0.2) is 0 Å². The molecule has 0 aliphatic heterocycles. The fourth-order valence-corrected chi connectivity index (χ4v) is 3.50. The lowest BCUT2D eigenvalue weighted by Crippen LogP contribution is -2.35. The first-order chi connectivity index (χ1) is 9.18. The van der Waals surface area contributed by atoms with Crippen molar-refractivity contribution in [3.05, 3.63) is 35.4 Å². The smallest absolute Gasteiger partial charge is 0.0296 e. The molecule has 2 rings (SSSR count). The van der Waals surface area contributed by atoms with Crippen LogP contribution in [0.1, 0.15) is 69.5 Å². The summed E-state index contributed by atoms with van der Waals surface area (Å²) in [4.78, 5) is 0. The molecule has 106 valence electrons. The van der Waals surface area contributed by atoms with Crippen molar-refractivity contribution in [3.63, 3.8) is 0 Å². The highest BCUT2D eigenvalue weighted by Crippen LogP contribution is 2.27. The van der Waals surface area contributed by atoms with Crippen LogP contribution in [0.2, 0.25) is 0 Å². The van der Waals surface area contributed by atoms with Crippen LogP contribution in [-0.4, -0.2) is 6.04 Å². The number of rotatable bonds is 4. The minimum Gasteiger partial charge on any atom is -0.307 e. The third-order valence-electron chi connectivity index (χ3n) is 4.77. The Labute approximate surface area is 118 Å². The molecule has 1 aromatic carbocycles. The van der Waals surface area contributed by atoms with Gasteiger partial charge in [0, 0.05) is 12.1 Å². The van der Waals surface area contributed by atoms with Crippen LogP contribution in [0.3, 0.4) is 0 Å². The second-order valence-electron chi connectivity index (χ2n) is 6.29. The van der Waals surface area contributed by atoms with Crippen LogP contribution in [0, 0.1) is 12.8 Å². The molecule has 19 heavy (non-hydrogen) atoms. The largest absolute Gasteiger partial charge is 0.307 e. The SMILES string of the molecule is Cc1ccccc1C(C)N[C@H](C)C1CCCCCC1. The van der Waals surface area contributed by atoms with Crippen LogP contribution in [0.15, 0.2) is 24.3 Å². The molecule has 0 aromatic heterocycles. The van der Waals surface area contributed by atoms with E-state index in [4.69, 9.17) is 0 Å². The molecular weight excluding hydrogens is 230 g/mol. The maximum Gasteiger partial charge on any atom is 0.0296 e. The van der Waals surface area contributed by atoms with Crippen molar-refractivity contribution in [3.8, 4) is 0 Å². The molecule has 0 saturated heterocycles. The molecule has 1 aliphatic carbocycles. The highest BCUT2D eigenvalue weighted by molar-refractivity contribution is 5.28. The molecule has 0 heterocycles. The van der Waals surface area contributed by atoms with E-state index in [0.29, 0.717) is 12.1 Å². The zero-order valence-corrected chi connectivity index (χ0v) is 12.8. The van der Waals surface area contributed by atoms with Crippen LogP contribution >= 0.6 is 0 Å². The Kier molecular flexibility index (Phi) is 5.45. The lowest BCUT2D eigenvalue weighted by molar-refractivity contribution is 0.316. The fourth-order valence-electron chi connectivity index (χ4n) is 3.50. The molecule has 0 bridgehead atoms. The zero-order chi connectivity index (χ0) is 13.7. The molecule has 1 fully saturated rings. The van der Waals surface area contributed by atoms with Gasteiger partial charge in [-0.3, -0.25) is 0 Å². The standard InChI is InChI=1S/C18H29N/c1-14-10-8-9-13-18(14)16(3)19-15(2)17-11-6-4-5-7-12-17/h8-10,13,15-17,19H,4-7,11-12H2,1-3H3/t15-,16?/m1/s1. The number of hydrogen-bond donors (Lipinski definition) is 1. The lowest BCUT2D eigenvalue weighted by atomic mass is 9.91. The molecule has 0 radical (unpaired) electrons. The summed E-state index contributed by atoms with van der Waals surface area (Å²) in [6.45, 7) is 6.89. The first-order valence-corrected chi connectivity index (χ1v) is 8.00. The van der Waals surface area contributed by atoms with Crippen LogP contribution in [-0.2, 0) is 0 Å². The maximum absolute atomic E-state index is 3.83. The summed E-state index contributed by atoms with van der Waals surface area (Å²) in [6, 6.07) is 9.83. The Balaban J connectivity index is 1.94. The second kappa shape index (κ2) is 7.09. The van der Waals surface area contributed by atoms with Gasteiger partial charge in [-0.15, -0.1) is 0 Å². The summed E-state index contributed by atoms with van der Waals surface area (Å²) in [7, 11) is 0. The van der Waals surface area contributed by atoms with Crippen LogP contribution < -0.4 is 5.32 Å². The fraction of sp³-hybridized carbons (Fsp3) is 0.667. The van der Waals surface area contributed by atoms with Crippen molar-refractivity contribution in [1.82, 2.24) is 5.32 Å². The highest BCUT2D eigenvalue weighted by atomic mass is 14.9. The topological polar surface area (TPSA) is 12.0 Å². The van der Waals surface area contributed by atoms with Crippen LogP contribution in [0.25, 0.3) is 0 Å². The minimum atomic E-state index is 0.458. The summed E-state index contributed by atoms with van der Waals surface area (Å²) in [5.74, 6) is 0.869. The van der Waals surface area contributed by atoms with Gasteiger partial charge in [0.05, 0.1) is 0 Å². The molecule has 0 spiro atoms. The van der Waals surface area contributed by atoms with Crippen molar-refractivity contribution in [1.29, 1.82) is 0 Å². The summed E-state index contributed by atoms with van der Waals surface area (Å²) < 4.78 is 0. The third-order valence-corrected chi connectivity index (χ3v) is 4.77. The Morgan fingerprint density at radius 3 is 2.26 bits per heavy atom. The van der Waals surface area contributed by atoms with Crippen molar-refractivity contribution in [2.24, 2.45) is 5.92 Å². The van der Waals surface area contributed by atoms with Crippen molar-refractivity contribution >= 4 is 0 Å². The number of aryl methyl sites for hydroxylation is 1. The molecule has 1 unspecified atom stereocenters. The first kappa shape index (κ1) is 14.6. The van der Waals surface area contributed by atoms with Crippen LogP contribution in [0.5, 0.6) is 0 Å². The lowest BCUT2D eigenvalue weighted by Gasteiger charge is -2.28. The van der Waals surface area contributed by atoms with Gasteiger partial charge in [-0.1, -0.05) is 49.9 Å². The van der Waals surface area contributed by atoms with E-state index in [1.54, 1.807) is 0 Å². The Morgan fingerprint density at radius 1 is 1.00 bits per heavy atom.